The number of rotatable bonds is 6. The Balaban J connectivity index is 1.32. The minimum atomic E-state index is -4.54. The quantitative estimate of drug-likeness (QED) is 0.355. The summed E-state index contributed by atoms with van der Waals surface area (Å²) >= 11 is 1.25. The van der Waals surface area contributed by atoms with Crippen molar-refractivity contribution >= 4 is 56.0 Å². The number of carbonyl (C=O) groups is 2. The number of fused-ring (bicyclic) bond motifs is 1. The highest BCUT2D eigenvalue weighted by molar-refractivity contribution is 7.21. The first-order valence-electron chi connectivity index (χ1n) is 10.9. The highest BCUT2D eigenvalue weighted by Crippen LogP contribution is 2.33. The molecule has 0 saturated heterocycles. The molecule has 0 atom stereocenters. The van der Waals surface area contributed by atoms with Gasteiger partial charge < -0.3 is 15.5 Å². The first-order valence-corrected chi connectivity index (χ1v) is 11.8. The Morgan fingerprint density at radius 1 is 1.06 bits per heavy atom. The van der Waals surface area contributed by atoms with Gasteiger partial charge in [0.25, 0.3) is 5.91 Å². The third kappa shape index (κ3) is 5.13. The number of carbonyl (C=O) groups excluding carboxylic acids is 2. The van der Waals surface area contributed by atoms with E-state index < -0.39 is 17.6 Å². The predicted molar refractivity (Wildman–Crippen MR) is 130 cm³/mol. The number of anilines is 4. The van der Waals surface area contributed by atoms with E-state index in [0.29, 0.717) is 32.8 Å². The minimum absolute atomic E-state index is 0.0386. The van der Waals surface area contributed by atoms with Crippen LogP contribution in [-0.4, -0.2) is 33.8 Å². The molecule has 8 nitrogen and oxygen atoms in total. The van der Waals surface area contributed by atoms with Crippen molar-refractivity contribution in [1.82, 2.24) is 15.0 Å². The van der Waals surface area contributed by atoms with Crippen LogP contribution in [-0.2, 0) is 11.0 Å². The third-order valence-electron chi connectivity index (χ3n) is 5.56. The number of hydrogen-bond acceptors (Lipinski definition) is 7. The Morgan fingerprint density at radius 2 is 1.83 bits per heavy atom. The van der Waals surface area contributed by atoms with E-state index in [1.165, 1.54) is 23.5 Å². The van der Waals surface area contributed by atoms with Crippen LogP contribution < -0.4 is 15.5 Å². The maximum atomic E-state index is 13.0. The van der Waals surface area contributed by atoms with Crippen molar-refractivity contribution in [2.45, 2.75) is 19.0 Å². The van der Waals surface area contributed by atoms with Crippen molar-refractivity contribution in [3.63, 3.8) is 0 Å². The van der Waals surface area contributed by atoms with Crippen molar-refractivity contribution in [3.05, 3.63) is 65.9 Å². The second-order valence-corrected chi connectivity index (χ2v) is 9.26. The van der Waals surface area contributed by atoms with E-state index in [0.717, 1.165) is 25.0 Å². The monoisotopic (exact) mass is 512 g/mol. The summed E-state index contributed by atoms with van der Waals surface area (Å²) < 4.78 is 38.9. The van der Waals surface area contributed by atoms with E-state index in [4.69, 9.17) is 0 Å². The molecule has 0 aliphatic heterocycles. The number of hydrogen-bond donors (Lipinski definition) is 2. The van der Waals surface area contributed by atoms with Crippen LogP contribution in [0.3, 0.4) is 0 Å². The van der Waals surface area contributed by atoms with E-state index in [1.807, 2.05) is 0 Å². The molecule has 1 aliphatic rings. The Morgan fingerprint density at radius 3 is 2.58 bits per heavy atom. The normalized spacial score (nSPS) is 13.4. The fourth-order valence-corrected chi connectivity index (χ4v) is 4.25. The minimum Gasteiger partial charge on any atom is -0.322 e. The van der Waals surface area contributed by atoms with Crippen LogP contribution in [0.1, 0.15) is 28.8 Å². The van der Waals surface area contributed by atoms with Crippen molar-refractivity contribution in [3.8, 4) is 0 Å². The van der Waals surface area contributed by atoms with Crippen molar-refractivity contribution in [1.29, 1.82) is 0 Å². The molecule has 0 spiro atoms. The van der Waals surface area contributed by atoms with Gasteiger partial charge in [-0.15, -0.1) is 0 Å². The van der Waals surface area contributed by atoms with Gasteiger partial charge in [0.2, 0.25) is 11.9 Å². The average molecular weight is 513 g/mol. The summed E-state index contributed by atoms with van der Waals surface area (Å²) in [5.41, 5.74) is 0.598. The SMILES string of the molecule is CN(c1cccc(NC(=O)c2cccc(C(F)(F)F)c2)c1)c1ncc2nc(NC(=O)C3CC3)sc2n1. The second-order valence-electron chi connectivity index (χ2n) is 8.28. The molecule has 4 aromatic rings. The second kappa shape index (κ2) is 9.19. The van der Waals surface area contributed by atoms with Crippen LogP contribution in [0.2, 0.25) is 0 Å². The van der Waals surface area contributed by atoms with Gasteiger partial charge in [0.05, 0.1) is 11.8 Å². The largest absolute Gasteiger partial charge is 0.416 e. The first kappa shape index (κ1) is 23.7. The molecule has 36 heavy (non-hydrogen) atoms. The first-order chi connectivity index (χ1) is 17.2. The Labute approximate surface area is 207 Å². The molecule has 2 aromatic carbocycles. The Hall–Kier alpha value is -4.06. The van der Waals surface area contributed by atoms with Gasteiger partial charge in [0.15, 0.2) is 9.96 Å². The van der Waals surface area contributed by atoms with Crippen LogP contribution in [0.4, 0.5) is 35.6 Å². The molecule has 2 amide bonds. The lowest BCUT2D eigenvalue weighted by atomic mass is 10.1. The van der Waals surface area contributed by atoms with Crippen LogP contribution in [0.25, 0.3) is 10.3 Å². The highest BCUT2D eigenvalue weighted by Gasteiger charge is 2.31. The van der Waals surface area contributed by atoms with Crippen molar-refractivity contribution < 1.29 is 22.8 Å². The number of nitrogens with one attached hydrogen (secondary N) is 2. The van der Waals surface area contributed by atoms with Gasteiger partial charge in [-0.3, -0.25) is 9.59 Å². The number of aromatic nitrogens is 3. The van der Waals surface area contributed by atoms with Gasteiger partial charge in [-0.05, 0) is 49.2 Å². The van der Waals surface area contributed by atoms with E-state index in [-0.39, 0.29) is 17.4 Å². The van der Waals surface area contributed by atoms with Gasteiger partial charge in [0.1, 0.15) is 5.52 Å². The maximum absolute atomic E-state index is 13.0. The number of benzene rings is 2. The number of thiazole rings is 1. The van der Waals surface area contributed by atoms with Gasteiger partial charge in [0, 0.05) is 29.9 Å². The number of nitrogens with zero attached hydrogens (tertiary/aromatic N) is 4. The molecule has 1 aliphatic carbocycles. The third-order valence-corrected chi connectivity index (χ3v) is 6.44. The standard InChI is InChI=1S/C24H19F3N6O2S/c1-33(22-28-12-18-21(32-22)36-23(30-18)31-19(34)13-8-9-13)17-7-3-6-16(11-17)29-20(35)14-4-2-5-15(10-14)24(25,26)27/h2-7,10-13H,8-9H2,1H3,(H,29,35)(H,30,31,34). The maximum Gasteiger partial charge on any atom is 0.416 e. The van der Waals surface area contributed by atoms with E-state index >= 15 is 0 Å². The van der Waals surface area contributed by atoms with Gasteiger partial charge in [-0.1, -0.05) is 23.5 Å². The lowest BCUT2D eigenvalue weighted by Gasteiger charge is -2.18. The van der Waals surface area contributed by atoms with Crippen LogP contribution in [0.5, 0.6) is 0 Å². The predicted octanol–water partition coefficient (Wildman–Crippen LogP) is 5.47. The van der Waals surface area contributed by atoms with E-state index in [1.54, 1.807) is 42.4 Å². The fourth-order valence-electron chi connectivity index (χ4n) is 3.44. The number of amides is 2. The number of halogens is 3. The smallest absolute Gasteiger partial charge is 0.322 e. The molecular formula is C24H19F3N6O2S. The molecule has 1 fully saturated rings. The van der Waals surface area contributed by atoms with Crippen LogP contribution in [0.15, 0.2) is 54.7 Å². The Bertz CT molecular complexity index is 1470. The van der Waals surface area contributed by atoms with Crippen LogP contribution >= 0.6 is 11.3 Å². The summed E-state index contributed by atoms with van der Waals surface area (Å²) in [6, 6.07) is 11.0. The van der Waals surface area contributed by atoms with E-state index in [9.17, 15) is 22.8 Å². The zero-order chi connectivity index (χ0) is 25.4. The van der Waals surface area contributed by atoms with Crippen LogP contribution in [0, 0.1) is 5.92 Å². The van der Waals surface area contributed by atoms with Gasteiger partial charge in [-0.2, -0.15) is 18.2 Å². The summed E-state index contributed by atoms with van der Waals surface area (Å²) in [7, 11) is 1.74. The topological polar surface area (TPSA) is 100 Å². The molecule has 184 valence electrons. The Kier molecular flexibility index (Phi) is 6.04. The lowest BCUT2D eigenvalue weighted by molar-refractivity contribution is -0.137. The lowest BCUT2D eigenvalue weighted by Crippen LogP contribution is -2.15. The van der Waals surface area contributed by atoms with Gasteiger partial charge in [-0.25, -0.2) is 9.97 Å². The molecule has 0 radical (unpaired) electrons. The summed E-state index contributed by atoms with van der Waals surface area (Å²) in [4.78, 5) is 40.1. The zero-order valence-corrected chi connectivity index (χ0v) is 19.7. The summed E-state index contributed by atoms with van der Waals surface area (Å²) in [6.07, 6.45) is -1.19. The number of alkyl halides is 3. The summed E-state index contributed by atoms with van der Waals surface area (Å²) in [5.74, 6) is -0.272. The molecule has 12 heteroatoms. The molecule has 5 rings (SSSR count). The molecule has 1 saturated carbocycles. The highest BCUT2D eigenvalue weighted by atomic mass is 32.1. The van der Waals surface area contributed by atoms with Crippen molar-refractivity contribution in [2.75, 3.05) is 22.6 Å². The molecular weight excluding hydrogens is 493 g/mol. The van der Waals surface area contributed by atoms with E-state index in [2.05, 4.69) is 25.6 Å². The molecule has 2 heterocycles. The summed E-state index contributed by atoms with van der Waals surface area (Å²) in [5, 5.41) is 5.90. The molecule has 0 bridgehead atoms. The van der Waals surface area contributed by atoms with Gasteiger partial charge >= 0.3 is 6.18 Å². The summed E-state index contributed by atoms with van der Waals surface area (Å²) in [6.45, 7) is 0. The zero-order valence-electron chi connectivity index (χ0n) is 18.8. The molecule has 2 N–H and O–H groups in total. The molecule has 2 aromatic heterocycles. The fraction of sp³-hybridized carbons (Fsp3) is 0.208. The van der Waals surface area contributed by atoms with Crippen molar-refractivity contribution in [2.24, 2.45) is 5.92 Å². The average Bonchev–Trinajstić information content (AvgIpc) is 3.63. The molecule has 0 unspecified atom stereocenters.